The first-order valence-electron chi connectivity index (χ1n) is 9.36. The summed E-state index contributed by atoms with van der Waals surface area (Å²) >= 11 is 11.9. The number of halogens is 2. The van der Waals surface area contributed by atoms with Gasteiger partial charge in [0.05, 0.1) is 23.3 Å². The minimum Gasteiger partial charge on any atom is -0.340 e. The summed E-state index contributed by atoms with van der Waals surface area (Å²) in [6.45, 7) is 0.488. The van der Waals surface area contributed by atoms with Crippen LogP contribution in [-0.2, 0) is 6.54 Å². The van der Waals surface area contributed by atoms with Crippen molar-refractivity contribution in [2.45, 2.75) is 6.54 Å². The summed E-state index contributed by atoms with van der Waals surface area (Å²) in [5.41, 5.74) is 4.50. The zero-order valence-electron chi connectivity index (χ0n) is 15.7. The molecule has 0 unspecified atom stereocenters. The summed E-state index contributed by atoms with van der Waals surface area (Å²) < 4.78 is 18.0. The highest BCUT2D eigenvalue weighted by atomic mass is 35.5. The highest BCUT2D eigenvalue weighted by Crippen LogP contribution is 2.27. The van der Waals surface area contributed by atoms with Crippen LogP contribution in [0.4, 0.5) is 4.39 Å². The van der Waals surface area contributed by atoms with Crippen LogP contribution >= 0.6 is 23.8 Å². The summed E-state index contributed by atoms with van der Waals surface area (Å²) in [6, 6.07) is 21.8. The zero-order chi connectivity index (χ0) is 20.7. The Hall–Kier alpha value is -3.22. The van der Waals surface area contributed by atoms with E-state index in [4.69, 9.17) is 23.8 Å². The molecule has 0 aliphatic rings. The number of aromatic nitrogens is 4. The van der Waals surface area contributed by atoms with Crippen LogP contribution in [0.2, 0.25) is 5.02 Å². The number of hydrogen-bond donors (Lipinski definition) is 1. The molecule has 0 amide bonds. The standard InChI is InChI=1S/C23H16ClFN4S/c24-16-7-11-18(12-8-16)29-21(15-5-9-17(25)10-6-15)13-28(23(29)30)14-22-26-19-3-1-2-4-20(19)27-22/h1-13H,14H2,(H,26,27). The van der Waals surface area contributed by atoms with Crippen LogP contribution in [0.25, 0.3) is 28.0 Å². The van der Waals surface area contributed by atoms with Gasteiger partial charge in [-0.25, -0.2) is 9.37 Å². The van der Waals surface area contributed by atoms with Crippen molar-refractivity contribution in [1.29, 1.82) is 0 Å². The molecule has 0 aliphatic carbocycles. The molecule has 3 aromatic carbocycles. The number of benzene rings is 3. The second kappa shape index (κ2) is 7.55. The Labute approximate surface area is 182 Å². The Bertz CT molecular complexity index is 1370. The summed E-state index contributed by atoms with van der Waals surface area (Å²) in [5.74, 6) is 0.531. The van der Waals surface area contributed by atoms with E-state index in [2.05, 4.69) is 9.97 Å². The average Bonchev–Trinajstić information content (AvgIpc) is 3.30. The highest BCUT2D eigenvalue weighted by Gasteiger charge is 2.14. The fourth-order valence-corrected chi connectivity index (χ4v) is 3.96. The number of hydrogen-bond acceptors (Lipinski definition) is 2. The molecule has 0 aliphatic heterocycles. The first kappa shape index (κ1) is 18.8. The largest absolute Gasteiger partial charge is 0.340 e. The van der Waals surface area contributed by atoms with E-state index in [9.17, 15) is 4.39 Å². The van der Waals surface area contributed by atoms with E-state index in [-0.39, 0.29) is 5.82 Å². The van der Waals surface area contributed by atoms with Gasteiger partial charge in [-0.1, -0.05) is 23.7 Å². The number of para-hydroxylation sites is 2. The van der Waals surface area contributed by atoms with Crippen LogP contribution < -0.4 is 0 Å². The lowest BCUT2D eigenvalue weighted by Crippen LogP contribution is -2.02. The lowest BCUT2D eigenvalue weighted by molar-refractivity contribution is 0.628. The first-order valence-corrected chi connectivity index (χ1v) is 10.1. The maximum absolute atomic E-state index is 13.5. The molecule has 2 heterocycles. The lowest BCUT2D eigenvalue weighted by Gasteiger charge is -2.09. The molecule has 0 fully saturated rings. The van der Waals surface area contributed by atoms with Crippen LogP contribution in [0.3, 0.4) is 0 Å². The number of aromatic amines is 1. The number of imidazole rings is 2. The molecule has 0 bridgehead atoms. The number of fused-ring (bicyclic) bond motifs is 1. The fraction of sp³-hybridized carbons (Fsp3) is 0.0435. The van der Waals surface area contributed by atoms with Gasteiger partial charge < -0.3 is 9.55 Å². The molecular formula is C23H16ClFN4S. The Kier molecular flexibility index (Phi) is 4.73. The summed E-state index contributed by atoms with van der Waals surface area (Å²) in [4.78, 5) is 8.00. The van der Waals surface area contributed by atoms with Gasteiger partial charge in [0, 0.05) is 22.5 Å². The molecule has 0 saturated carbocycles. The van der Waals surface area contributed by atoms with E-state index in [0.717, 1.165) is 33.8 Å². The third-order valence-corrected chi connectivity index (χ3v) is 5.61. The first-order chi connectivity index (χ1) is 14.6. The van der Waals surface area contributed by atoms with E-state index in [1.54, 1.807) is 12.1 Å². The number of nitrogens with zero attached hydrogens (tertiary/aromatic N) is 3. The zero-order valence-corrected chi connectivity index (χ0v) is 17.3. The van der Waals surface area contributed by atoms with E-state index in [1.807, 2.05) is 63.9 Å². The second-order valence-electron chi connectivity index (χ2n) is 6.94. The topological polar surface area (TPSA) is 38.5 Å². The van der Waals surface area contributed by atoms with Gasteiger partial charge in [0.2, 0.25) is 0 Å². The van der Waals surface area contributed by atoms with E-state index < -0.39 is 0 Å². The maximum atomic E-state index is 13.5. The van der Waals surface area contributed by atoms with Gasteiger partial charge in [-0.15, -0.1) is 0 Å². The molecule has 30 heavy (non-hydrogen) atoms. The van der Waals surface area contributed by atoms with Gasteiger partial charge in [0.15, 0.2) is 4.77 Å². The van der Waals surface area contributed by atoms with Gasteiger partial charge in [-0.3, -0.25) is 4.57 Å². The van der Waals surface area contributed by atoms with Crippen molar-refractivity contribution < 1.29 is 4.39 Å². The Morgan fingerprint density at radius 3 is 2.43 bits per heavy atom. The molecule has 1 N–H and O–H groups in total. The van der Waals surface area contributed by atoms with E-state index in [1.165, 1.54) is 12.1 Å². The van der Waals surface area contributed by atoms with Crippen molar-refractivity contribution in [2.24, 2.45) is 0 Å². The molecule has 0 radical (unpaired) electrons. The van der Waals surface area contributed by atoms with Crippen LogP contribution in [0.1, 0.15) is 5.82 Å². The molecule has 0 spiro atoms. The van der Waals surface area contributed by atoms with Crippen molar-refractivity contribution in [1.82, 2.24) is 19.1 Å². The number of rotatable bonds is 4. The minimum absolute atomic E-state index is 0.280. The minimum atomic E-state index is -0.280. The van der Waals surface area contributed by atoms with E-state index >= 15 is 0 Å². The second-order valence-corrected chi connectivity index (χ2v) is 7.75. The van der Waals surface area contributed by atoms with Gasteiger partial charge >= 0.3 is 0 Å². The van der Waals surface area contributed by atoms with Gasteiger partial charge in [-0.2, -0.15) is 0 Å². The molecule has 2 aromatic heterocycles. The molecule has 0 saturated heterocycles. The van der Waals surface area contributed by atoms with Crippen LogP contribution in [0.5, 0.6) is 0 Å². The predicted molar refractivity (Wildman–Crippen MR) is 120 cm³/mol. The van der Waals surface area contributed by atoms with Crippen molar-refractivity contribution in [3.8, 4) is 16.9 Å². The van der Waals surface area contributed by atoms with E-state index in [0.29, 0.717) is 16.3 Å². The maximum Gasteiger partial charge on any atom is 0.185 e. The van der Waals surface area contributed by atoms with Crippen LogP contribution in [0.15, 0.2) is 79.0 Å². The molecule has 5 rings (SSSR count). The van der Waals surface area contributed by atoms with Crippen molar-refractivity contribution in [3.05, 3.63) is 100 Å². The molecule has 4 nitrogen and oxygen atoms in total. The highest BCUT2D eigenvalue weighted by molar-refractivity contribution is 7.71. The predicted octanol–water partition coefficient (Wildman–Crippen LogP) is 6.39. The summed E-state index contributed by atoms with van der Waals surface area (Å²) in [7, 11) is 0. The number of H-pyrrole nitrogens is 1. The lowest BCUT2D eigenvalue weighted by atomic mass is 10.1. The Balaban J connectivity index is 1.64. The van der Waals surface area contributed by atoms with Gasteiger partial charge in [0.1, 0.15) is 11.6 Å². The quantitative estimate of drug-likeness (QED) is 0.333. The smallest absolute Gasteiger partial charge is 0.185 e. The van der Waals surface area contributed by atoms with Crippen molar-refractivity contribution in [3.63, 3.8) is 0 Å². The van der Waals surface area contributed by atoms with Gasteiger partial charge in [0.25, 0.3) is 0 Å². The normalized spacial score (nSPS) is 11.3. The average molecular weight is 435 g/mol. The molecule has 7 heteroatoms. The fourth-order valence-electron chi connectivity index (χ4n) is 3.51. The Morgan fingerprint density at radius 1 is 0.967 bits per heavy atom. The van der Waals surface area contributed by atoms with Crippen molar-refractivity contribution >= 4 is 34.9 Å². The molecule has 148 valence electrons. The van der Waals surface area contributed by atoms with Crippen LogP contribution in [0, 0.1) is 10.6 Å². The molecule has 5 aromatic rings. The summed E-state index contributed by atoms with van der Waals surface area (Å²) in [5, 5.41) is 0.648. The monoisotopic (exact) mass is 434 g/mol. The number of nitrogens with one attached hydrogen (secondary N) is 1. The molecular weight excluding hydrogens is 419 g/mol. The van der Waals surface area contributed by atoms with Gasteiger partial charge in [-0.05, 0) is 72.9 Å². The van der Waals surface area contributed by atoms with Crippen molar-refractivity contribution in [2.75, 3.05) is 0 Å². The molecule has 0 atom stereocenters. The third-order valence-electron chi connectivity index (χ3n) is 4.94. The van der Waals surface area contributed by atoms with Crippen LogP contribution in [-0.4, -0.2) is 19.1 Å². The third kappa shape index (κ3) is 3.44. The Morgan fingerprint density at radius 2 is 1.70 bits per heavy atom. The summed E-state index contributed by atoms with van der Waals surface area (Å²) in [6.07, 6.45) is 1.97. The SMILES string of the molecule is Fc1ccc(-c2cn(Cc3nc4ccccc4[nH]3)c(=S)n2-c2ccc(Cl)cc2)cc1.